The Morgan fingerprint density at radius 1 is 1.15 bits per heavy atom. The average molecular weight is 470 g/mol. The molecule has 0 atom stereocenters. The van der Waals surface area contributed by atoms with Crippen LogP contribution < -0.4 is 4.90 Å². The summed E-state index contributed by atoms with van der Waals surface area (Å²) in [5.41, 5.74) is 2.38. The molecule has 180 valence electrons. The van der Waals surface area contributed by atoms with Gasteiger partial charge in [-0.15, -0.1) is 0 Å². The van der Waals surface area contributed by atoms with E-state index in [0.29, 0.717) is 44.1 Å². The summed E-state index contributed by atoms with van der Waals surface area (Å²) in [5, 5.41) is 15.3. The number of hydrogen-bond donors (Lipinski definition) is 1. The number of halogens is 1. The quantitative estimate of drug-likeness (QED) is 0.568. The number of pyridine rings is 1. The third kappa shape index (κ3) is 4.58. The molecule has 1 fully saturated rings. The summed E-state index contributed by atoms with van der Waals surface area (Å²) in [7, 11) is 0. The van der Waals surface area contributed by atoms with E-state index in [2.05, 4.69) is 9.88 Å². The first-order valence-corrected chi connectivity index (χ1v) is 11.3. The smallest absolute Gasteiger partial charge is 0.354 e. The van der Waals surface area contributed by atoms with Crippen LogP contribution in [0, 0.1) is 5.82 Å². The van der Waals surface area contributed by atoms with E-state index in [4.69, 9.17) is 9.84 Å². The zero-order chi connectivity index (χ0) is 24.4. The Hall–Kier alpha value is -3.53. The Kier molecular flexibility index (Phi) is 6.78. The van der Waals surface area contributed by atoms with Crippen molar-refractivity contribution < 1.29 is 23.8 Å². The van der Waals surface area contributed by atoms with Crippen LogP contribution in [0.1, 0.15) is 42.9 Å². The molecule has 34 heavy (non-hydrogen) atoms. The molecule has 3 aromatic rings. The van der Waals surface area contributed by atoms with Gasteiger partial charge in [0.2, 0.25) is 5.91 Å². The molecule has 2 aromatic heterocycles. The number of ether oxygens (including phenoxy) is 1. The van der Waals surface area contributed by atoms with E-state index in [1.807, 2.05) is 20.8 Å². The lowest BCUT2D eigenvalue weighted by atomic mass is 10.0. The summed E-state index contributed by atoms with van der Waals surface area (Å²) in [6.45, 7) is 8.48. The van der Waals surface area contributed by atoms with Crippen LogP contribution in [0.3, 0.4) is 0 Å². The minimum Gasteiger partial charge on any atom is -0.477 e. The highest BCUT2D eigenvalue weighted by molar-refractivity contribution is 5.98. The number of anilines is 1. The van der Waals surface area contributed by atoms with Crippen molar-refractivity contribution in [3.8, 4) is 5.69 Å². The first-order valence-electron chi connectivity index (χ1n) is 11.3. The van der Waals surface area contributed by atoms with Crippen LogP contribution in [0.4, 0.5) is 10.1 Å². The molecule has 1 aromatic carbocycles. The number of amides is 1. The highest BCUT2D eigenvalue weighted by Crippen LogP contribution is 2.35. The monoisotopic (exact) mass is 469 g/mol. The van der Waals surface area contributed by atoms with Gasteiger partial charge in [0, 0.05) is 32.8 Å². The molecule has 1 aliphatic heterocycles. The van der Waals surface area contributed by atoms with Crippen LogP contribution in [0.25, 0.3) is 16.7 Å². The molecule has 0 saturated carbocycles. The largest absolute Gasteiger partial charge is 0.477 e. The summed E-state index contributed by atoms with van der Waals surface area (Å²) >= 11 is 0. The van der Waals surface area contributed by atoms with E-state index in [1.165, 1.54) is 12.1 Å². The van der Waals surface area contributed by atoms with E-state index < -0.39 is 5.97 Å². The molecule has 0 radical (unpaired) electrons. The highest BCUT2D eigenvalue weighted by Gasteiger charge is 2.27. The van der Waals surface area contributed by atoms with Crippen LogP contribution in [-0.4, -0.2) is 76.0 Å². The number of aromatic nitrogens is 3. The van der Waals surface area contributed by atoms with Crippen molar-refractivity contribution >= 4 is 28.6 Å². The first kappa shape index (κ1) is 23.6. The molecule has 0 unspecified atom stereocenters. The van der Waals surface area contributed by atoms with Crippen LogP contribution in [0.5, 0.6) is 0 Å². The van der Waals surface area contributed by atoms with Crippen molar-refractivity contribution in [3.63, 3.8) is 0 Å². The highest BCUT2D eigenvalue weighted by atomic mass is 19.1. The maximum absolute atomic E-state index is 13.5. The third-order valence-electron chi connectivity index (χ3n) is 5.88. The molecular weight excluding hydrogens is 441 g/mol. The van der Waals surface area contributed by atoms with Gasteiger partial charge in [-0.25, -0.2) is 18.9 Å². The maximum Gasteiger partial charge on any atom is 0.354 e. The van der Waals surface area contributed by atoms with Gasteiger partial charge in [-0.1, -0.05) is 13.8 Å². The topological polar surface area (TPSA) is 101 Å². The van der Waals surface area contributed by atoms with Crippen molar-refractivity contribution in [1.82, 2.24) is 19.7 Å². The second-order valence-electron chi connectivity index (χ2n) is 8.46. The summed E-state index contributed by atoms with van der Waals surface area (Å²) in [6, 6.07) is 7.41. The van der Waals surface area contributed by atoms with Gasteiger partial charge in [0.1, 0.15) is 12.4 Å². The zero-order valence-corrected chi connectivity index (χ0v) is 19.5. The fourth-order valence-corrected chi connectivity index (χ4v) is 4.13. The van der Waals surface area contributed by atoms with Gasteiger partial charge >= 0.3 is 5.97 Å². The Balaban J connectivity index is 1.78. The lowest BCUT2D eigenvalue weighted by molar-refractivity contribution is -0.136. The van der Waals surface area contributed by atoms with Gasteiger partial charge in [-0.2, -0.15) is 5.10 Å². The first-order chi connectivity index (χ1) is 16.3. The maximum atomic E-state index is 13.5. The predicted octanol–water partition coefficient (Wildman–Crippen LogP) is 3.07. The number of nitrogens with zero attached hydrogens (tertiary/aromatic N) is 5. The molecule has 0 spiro atoms. The molecule has 1 aliphatic rings. The minimum absolute atomic E-state index is 0.0366. The summed E-state index contributed by atoms with van der Waals surface area (Å²) in [6.07, 6.45) is 0. The van der Waals surface area contributed by atoms with Crippen molar-refractivity contribution in [2.45, 2.75) is 26.7 Å². The number of benzene rings is 1. The number of aromatic carboxylic acids is 1. The molecular formula is C24H28FN5O4. The van der Waals surface area contributed by atoms with Crippen molar-refractivity contribution in [1.29, 1.82) is 0 Å². The number of carboxylic acids is 1. The van der Waals surface area contributed by atoms with Crippen LogP contribution in [-0.2, 0) is 9.53 Å². The minimum atomic E-state index is -1.15. The summed E-state index contributed by atoms with van der Waals surface area (Å²) in [4.78, 5) is 32.5. The zero-order valence-electron chi connectivity index (χ0n) is 19.5. The van der Waals surface area contributed by atoms with E-state index in [-0.39, 0.29) is 29.9 Å². The molecule has 1 amide bonds. The van der Waals surface area contributed by atoms with E-state index >= 15 is 0 Å². The molecule has 4 rings (SSSR count). The third-order valence-corrected chi connectivity index (χ3v) is 5.88. The lowest BCUT2D eigenvalue weighted by Gasteiger charge is -2.36. The van der Waals surface area contributed by atoms with Gasteiger partial charge in [0.05, 0.1) is 22.5 Å². The summed E-state index contributed by atoms with van der Waals surface area (Å²) in [5.74, 6) is -1.54. The fraction of sp³-hybridized carbons (Fsp3) is 0.417. The van der Waals surface area contributed by atoms with E-state index in [1.54, 1.807) is 27.8 Å². The second-order valence-corrected chi connectivity index (χ2v) is 8.46. The standard InChI is InChI=1S/C24H28FN5O4/c1-4-34-14-20(31)29-11-9-28(10-12-29)19-13-18(24(32)33)26-23-21(19)22(15(2)3)27-30(23)17-7-5-16(25)6-8-17/h5-8,13,15H,4,9-12,14H2,1-3H3,(H,32,33). The van der Waals surface area contributed by atoms with Crippen LogP contribution >= 0.6 is 0 Å². The number of carboxylic acid groups (broad SMARTS) is 1. The number of fused-ring (bicyclic) bond motifs is 1. The average Bonchev–Trinajstić information content (AvgIpc) is 3.22. The predicted molar refractivity (Wildman–Crippen MR) is 125 cm³/mol. The van der Waals surface area contributed by atoms with Crippen LogP contribution in [0.2, 0.25) is 0 Å². The Bertz CT molecular complexity index is 1200. The van der Waals surface area contributed by atoms with Gasteiger partial charge in [0.25, 0.3) is 0 Å². The Morgan fingerprint density at radius 2 is 1.82 bits per heavy atom. The Morgan fingerprint density at radius 3 is 2.41 bits per heavy atom. The second kappa shape index (κ2) is 9.76. The van der Waals surface area contributed by atoms with Crippen molar-refractivity contribution in [3.05, 3.63) is 47.5 Å². The Labute approximate surface area is 196 Å². The number of rotatable bonds is 7. The molecule has 9 nitrogen and oxygen atoms in total. The fourth-order valence-electron chi connectivity index (χ4n) is 4.13. The molecule has 1 N–H and O–H groups in total. The number of hydrogen-bond acceptors (Lipinski definition) is 6. The number of carbonyl (C=O) groups is 2. The van der Waals surface area contributed by atoms with Crippen molar-refractivity contribution in [2.75, 3.05) is 44.3 Å². The van der Waals surface area contributed by atoms with Crippen molar-refractivity contribution in [2.24, 2.45) is 0 Å². The molecule has 0 aliphatic carbocycles. The van der Waals surface area contributed by atoms with Gasteiger partial charge in [-0.05, 0) is 43.2 Å². The van der Waals surface area contributed by atoms with Gasteiger partial charge in [0.15, 0.2) is 11.3 Å². The molecule has 10 heteroatoms. The molecule has 1 saturated heterocycles. The van der Waals surface area contributed by atoms with Crippen LogP contribution in [0.15, 0.2) is 30.3 Å². The normalized spacial score (nSPS) is 14.3. The lowest BCUT2D eigenvalue weighted by Crippen LogP contribution is -2.49. The van der Waals surface area contributed by atoms with E-state index in [9.17, 15) is 19.1 Å². The van der Waals surface area contributed by atoms with Gasteiger partial charge < -0.3 is 19.6 Å². The number of carbonyl (C=O) groups excluding carboxylic acids is 1. The molecule has 0 bridgehead atoms. The SMILES string of the molecule is CCOCC(=O)N1CCN(c2cc(C(=O)O)nc3c2c(C(C)C)nn3-c2ccc(F)cc2)CC1. The molecule has 3 heterocycles. The number of piperazine rings is 1. The van der Waals surface area contributed by atoms with Gasteiger partial charge in [-0.3, -0.25) is 4.79 Å². The summed E-state index contributed by atoms with van der Waals surface area (Å²) < 4.78 is 20.3. The van der Waals surface area contributed by atoms with E-state index in [0.717, 1.165) is 16.8 Å².